The van der Waals surface area contributed by atoms with Gasteiger partial charge in [0.1, 0.15) is 11.5 Å². The van der Waals surface area contributed by atoms with Crippen molar-refractivity contribution in [2.75, 3.05) is 16.0 Å². The molecule has 0 saturated heterocycles. The molecule has 0 bridgehead atoms. The fraction of sp³-hybridized carbons (Fsp3) is 0.0435. The summed E-state index contributed by atoms with van der Waals surface area (Å²) in [5.41, 5.74) is 1.92. The van der Waals surface area contributed by atoms with E-state index < -0.39 is 5.91 Å². The second-order valence-electron chi connectivity index (χ2n) is 6.77. The van der Waals surface area contributed by atoms with Crippen molar-refractivity contribution < 1.29 is 19.1 Å². The highest BCUT2D eigenvalue weighted by Gasteiger charge is 2.12. The van der Waals surface area contributed by atoms with Crippen LogP contribution in [-0.2, 0) is 9.53 Å². The highest BCUT2D eigenvalue weighted by atomic mass is 32.1. The van der Waals surface area contributed by atoms with E-state index in [9.17, 15) is 9.59 Å². The number of nitrogens with zero attached hydrogens (tertiary/aromatic N) is 2. The monoisotopic (exact) mass is 476 g/mol. The molecule has 3 amide bonds. The van der Waals surface area contributed by atoms with Gasteiger partial charge in [0.2, 0.25) is 5.95 Å². The van der Waals surface area contributed by atoms with Crippen molar-refractivity contribution in [2.45, 2.75) is 6.92 Å². The number of imidazole rings is 1. The summed E-state index contributed by atoms with van der Waals surface area (Å²) in [6.07, 6.45) is 4.62. The Kier molecular flexibility index (Phi) is 6.84. The Labute approximate surface area is 198 Å². The van der Waals surface area contributed by atoms with E-state index in [0.29, 0.717) is 33.4 Å². The van der Waals surface area contributed by atoms with Crippen LogP contribution in [0.25, 0.3) is 11.0 Å². The molecule has 4 aromatic rings. The number of hydrogen-bond acceptors (Lipinski definition) is 7. The number of rotatable bonds is 8. The predicted molar refractivity (Wildman–Crippen MR) is 131 cm³/mol. The van der Waals surface area contributed by atoms with Gasteiger partial charge in [-0.05, 0) is 43.3 Å². The lowest BCUT2D eigenvalue weighted by molar-refractivity contribution is -0.115. The summed E-state index contributed by atoms with van der Waals surface area (Å²) < 4.78 is 11.0. The molecule has 2 heterocycles. The maximum atomic E-state index is 12.1. The number of amides is 3. The number of hydrogen-bond donors (Lipinski definition) is 4. The molecule has 172 valence electrons. The lowest BCUT2D eigenvalue weighted by atomic mass is 10.3. The molecule has 4 rings (SSSR count). The average molecular weight is 477 g/mol. The molecule has 0 aliphatic rings. The van der Waals surface area contributed by atoms with Gasteiger partial charge in [0.15, 0.2) is 10.9 Å². The average Bonchev–Trinajstić information content (AvgIpc) is 3.47. The zero-order chi connectivity index (χ0) is 23.9. The van der Waals surface area contributed by atoms with Crippen LogP contribution in [0.2, 0.25) is 0 Å². The third-order valence-corrected chi connectivity index (χ3v) is 4.97. The van der Waals surface area contributed by atoms with Crippen LogP contribution in [-0.4, -0.2) is 26.9 Å². The second kappa shape index (κ2) is 10.3. The van der Waals surface area contributed by atoms with Gasteiger partial charge in [0.25, 0.3) is 5.91 Å². The summed E-state index contributed by atoms with van der Waals surface area (Å²) in [5.74, 6) is 0.838. The molecule has 0 radical (unpaired) electrons. The normalized spacial score (nSPS) is 10.7. The second-order valence-corrected chi connectivity index (χ2v) is 7.67. The first kappa shape index (κ1) is 22.6. The highest BCUT2D eigenvalue weighted by molar-refractivity contribution is 7.13. The van der Waals surface area contributed by atoms with Crippen LogP contribution < -0.4 is 20.7 Å². The van der Waals surface area contributed by atoms with Gasteiger partial charge in [0, 0.05) is 23.3 Å². The van der Waals surface area contributed by atoms with Crippen molar-refractivity contribution in [3.63, 3.8) is 0 Å². The molecule has 34 heavy (non-hydrogen) atoms. The molecule has 0 spiro atoms. The Hall–Kier alpha value is -4.64. The third-order valence-electron chi connectivity index (χ3n) is 4.29. The van der Waals surface area contributed by atoms with Gasteiger partial charge >= 0.3 is 6.03 Å². The Balaban J connectivity index is 1.36. The summed E-state index contributed by atoms with van der Waals surface area (Å²) in [6, 6.07) is 11.8. The smallest absolute Gasteiger partial charge is 0.325 e. The van der Waals surface area contributed by atoms with E-state index in [1.807, 2.05) is 0 Å². The minimum Gasteiger partial charge on any atom is -0.460 e. The summed E-state index contributed by atoms with van der Waals surface area (Å²) in [6.45, 7) is 5.33. The van der Waals surface area contributed by atoms with E-state index in [0.717, 1.165) is 0 Å². The number of thiazole rings is 1. The number of carbonyl (C=O) groups excluding carboxylic acids is 2. The number of ether oxygens (including phenoxy) is 2. The van der Waals surface area contributed by atoms with E-state index in [-0.39, 0.29) is 17.7 Å². The summed E-state index contributed by atoms with van der Waals surface area (Å²) in [4.78, 5) is 35.4. The van der Waals surface area contributed by atoms with Gasteiger partial charge in [-0.2, -0.15) is 0 Å². The van der Waals surface area contributed by atoms with Crippen molar-refractivity contribution in [3.05, 3.63) is 78.7 Å². The molecule has 2 aromatic carbocycles. The lowest BCUT2D eigenvalue weighted by Gasteiger charge is -2.08. The van der Waals surface area contributed by atoms with Crippen LogP contribution in [0, 0.1) is 0 Å². The minimum atomic E-state index is -0.511. The SMILES string of the molecule is C=C(O/C=C\C)C(=O)Nc1nc2ccc(Oc3ccc(NC(=O)Nc4nccs4)cc3)cc2[nH]1. The molecular weight excluding hydrogens is 456 g/mol. The van der Waals surface area contributed by atoms with Crippen LogP contribution in [0.1, 0.15) is 6.92 Å². The fourth-order valence-electron chi connectivity index (χ4n) is 2.78. The Morgan fingerprint density at radius 1 is 1.09 bits per heavy atom. The minimum absolute atomic E-state index is 0.0545. The van der Waals surface area contributed by atoms with Gasteiger partial charge in [-0.15, -0.1) is 11.3 Å². The third kappa shape index (κ3) is 5.78. The van der Waals surface area contributed by atoms with Crippen LogP contribution in [0.3, 0.4) is 0 Å². The molecule has 0 aliphatic carbocycles. The van der Waals surface area contributed by atoms with Crippen LogP contribution in [0.4, 0.5) is 21.6 Å². The molecular formula is C23H20N6O4S. The topological polar surface area (TPSA) is 130 Å². The summed E-state index contributed by atoms with van der Waals surface area (Å²) >= 11 is 1.33. The largest absolute Gasteiger partial charge is 0.460 e. The molecule has 0 saturated carbocycles. The van der Waals surface area contributed by atoms with Crippen molar-refractivity contribution in [2.24, 2.45) is 0 Å². The van der Waals surface area contributed by atoms with E-state index in [4.69, 9.17) is 9.47 Å². The number of allylic oxidation sites excluding steroid dienone is 1. The number of nitrogens with one attached hydrogen (secondary N) is 4. The summed E-state index contributed by atoms with van der Waals surface area (Å²) in [5, 5.41) is 10.3. The number of carbonyl (C=O) groups is 2. The molecule has 11 heteroatoms. The van der Waals surface area contributed by atoms with Gasteiger partial charge in [-0.3, -0.25) is 15.4 Å². The molecule has 0 unspecified atom stereocenters. The Morgan fingerprint density at radius 3 is 2.62 bits per heavy atom. The van der Waals surface area contributed by atoms with Crippen molar-refractivity contribution >= 4 is 51.1 Å². The van der Waals surface area contributed by atoms with E-state index >= 15 is 0 Å². The van der Waals surface area contributed by atoms with Gasteiger partial charge in [-0.25, -0.2) is 14.8 Å². The molecule has 0 fully saturated rings. The van der Waals surface area contributed by atoms with Gasteiger partial charge in [0.05, 0.1) is 17.3 Å². The van der Waals surface area contributed by atoms with Crippen molar-refractivity contribution in [3.8, 4) is 11.5 Å². The number of aromatic amines is 1. The van der Waals surface area contributed by atoms with E-state index in [1.54, 1.807) is 67.0 Å². The standard InChI is InChI=1S/C23H20N6O4S/c1-3-11-32-14(2)20(30)28-21-26-18-9-8-17(13-19(18)27-21)33-16-6-4-15(5-7-16)25-22(31)29-23-24-10-12-34-23/h3-13H,2H2,1H3,(H2,24,25,29,31)(H2,26,27,28,30)/b11-3-. The van der Waals surface area contributed by atoms with E-state index in [1.165, 1.54) is 17.6 Å². The molecule has 2 aromatic heterocycles. The number of fused-ring (bicyclic) bond motifs is 1. The first-order valence-corrected chi connectivity index (χ1v) is 10.9. The van der Waals surface area contributed by atoms with Crippen LogP contribution in [0.15, 0.2) is 78.7 Å². The first-order chi connectivity index (χ1) is 16.5. The van der Waals surface area contributed by atoms with E-state index in [2.05, 4.69) is 37.5 Å². The van der Waals surface area contributed by atoms with Crippen LogP contribution >= 0.6 is 11.3 Å². The number of H-pyrrole nitrogens is 1. The van der Waals surface area contributed by atoms with Crippen LogP contribution in [0.5, 0.6) is 11.5 Å². The fourth-order valence-corrected chi connectivity index (χ4v) is 3.30. The number of benzene rings is 2. The van der Waals surface area contributed by atoms with Crippen molar-refractivity contribution in [1.29, 1.82) is 0 Å². The molecule has 4 N–H and O–H groups in total. The quantitative estimate of drug-likeness (QED) is 0.197. The number of anilines is 3. The Bertz CT molecular complexity index is 1350. The molecule has 0 aliphatic heterocycles. The Morgan fingerprint density at radius 2 is 1.88 bits per heavy atom. The molecule has 0 atom stereocenters. The zero-order valence-electron chi connectivity index (χ0n) is 18.0. The first-order valence-electron chi connectivity index (χ1n) is 10.0. The lowest BCUT2D eigenvalue weighted by Crippen LogP contribution is -2.19. The van der Waals surface area contributed by atoms with Crippen molar-refractivity contribution in [1.82, 2.24) is 15.0 Å². The zero-order valence-corrected chi connectivity index (χ0v) is 18.8. The molecule has 10 nitrogen and oxygen atoms in total. The number of aromatic nitrogens is 3. The van der Waals surface area contributed by atoms with Gasteiger partial charge < -0.3 is 19.8 Å². The maximum absolute atomic E-state index is 12.1. The van der Waals surface area contributed by atoms with Gasteiger partial charge in [-0.1, -0.05) is 12.7 Å². The number of urea groups is 1. The highest BCUT2D eigenvalue weighted by Crippen LogP contribution is 2.26. The summed E-state index contributed by atoms with van der Waals surface area (Å²) in [7, 11) is 0. The maximum Gasteiger partial charge on any atom is 0.325 e. The predicted octanol–water partition coefficient (Wildman–Crippen LogP) is 5.46.